The van der Waals surface area contributed by atoms with Gasteiger partial charge in [0.1, 0.15) is 12.1 Å². The van der Waals surface area contributed by atoms with Crippen molar-refractivity contribution in [2.75, 3.05) is 24.5 Å². The minimum Gasteiger partial charge on any atom is -0.356 e. The Labute approximate surface area is 160 Å². The molecule has 0 bridgehead atoms. The summed E-state index contributed by atoms with van der Waals surface area (Å²) in [6.45, 7) is 10.2. The summed E-state index contributed by atoms with van der Waals surface area (Å²) in [7, 11) is 0. The molecule has 0 unspecified atom stereocenters. The minimum atomic E-state index is 0.179. The second-order valence-corrected chi connectivity index (χ2v) is 8.45. The SMILES string of the molecule is CCCCn1nc(CC(C)C)c2c(N3C[C@H]4CC(=O)NC[C@H]4C3)ncnc21. The lowest BCUT2D eigenvalue weighted by atomic mass is 9.89. The quantitative estimate of drug-likeness (QED) is 0.845. The van der Waals surface area contributed by atoms with Crippen LogP contribution >= 0.6 is 0 Å². The Morgan fingerprint density at radius 1 is 1.26 bits per heavy atom. The summed E-state index contributed by atoms with van der Waals surface area (Å²) in [6, 6.07) is 0. The van der Waals surface area contributed by atoms with E-state index in [-0.39, 0.29) is 5.91 Å². The second kappa shape index (κ2) is 7.44. The highest BCUT2D eigenvalue weighted by Gasteiger charge is 2.38. The van der Waals surface area contributed by atoms with Gasteiger partial charge in [0.05, 0.1) is 11.1 Å². The van der Waals surface area contributed by atoms with E-state index in [0.717, 1.165) is 68.0 Å². The lowest BCUT2D eigenvalue weighted by Crippen LogP contribution is -2.39. The molecule has 2 atom stereocenters. The van der Waals surface area contributed by atoms with Crippen molar-refractivity contribution in [3.8, 4) is 0 Å². The highest BCUT2D eigenvalue weighted by Crippen LogP contribution is 2.35. The van der Waals surface area contributed by atoms with Gasteiger partial charge < -0.3 is 10.2 Å². The Morgan fingerprint density at radius 3 is 2.85 bits per heavy atom. The Hall–Kier alpha value is -2.18. The predicted octanol–water partition coefficient (Wildman–Crippen LogP) is 2.40. The number of rotatable bonds is 6. The number of fused-ring (bicyclic) bond motifs is 2. The number of aryl methyl sites for hydroxylation is 1. The van der Waals surface area contributed by atoms with Crippen LogP contribution in [0.4, 0.5) is 5.82 Å². The number of carbonyl (C=O) groups excluding carboxylic acids is 1. The summed E-state index contributed by atoms with van der Waals surface area (Å²) in [5, 5.41) is 9.05. The predicted molar refractivity (Wildman–Crippen MR) is 106 cm³/mol. The van der Waals surface area contributed by atoms with Crippen LogP contribution < -0.4 is 10.2 Å². The van der Waals surface area contributed by atoms with Crippen LogP contribution in [0.15, 0.2) is 6.33 Å². The van der Waals surface area contributed by atoms with Crippen molar-refractivity contribution in [3.05, 3.63) is 12.0 Å². The summed E-state index contributed by atoms with van der Waals surface area (Å²) >= 11 is 0. The molecule has 0 aliphatic carbocycles. The number of carbonyl (C=O) groups is 1. The molecule has 1 N–H and O–H groups in total. The number of piperidine rings is 1. The minimum absolute atomic E-state index is 0.179. The zero-order valence-electron chi connectivity index (χ0n) is 16.6. The molecule has 0 saturated carbocycles. The van der Waals surface area contributed by atoms with Crippen LogP contribution in [0.1, 0.15) is 45.7 Å². The van der Waals surface area contributed by atoms with Gasteiger partial charge in [-0.25, -0.2) is 14.6 Å². The summed E-state index contributed by atoms with van der Waals surface area (Å²) in [5.41, 5.74) is 2.06. The maximum Gasteiger partial charge on any atom is 0.220 e. The number of nitrogens with one attached hydrogen (secondary N) is 1. The first kappa shape index (κ1) is 18.2. The summed E-state index contributed by atoms with van der Waals surface area (Å²) < 4.78 is 2.07. The van der Waals surface area contributed by atoms with E-state index in [2.05, 4.69) is 45.6 Å². The molecule has 1 amide bonds. The van der Waals surface area contributed by atoms with Crippen LogP contribution in [-0.4, -0.2) is 45.3 Å². The van der Waals surface area contributed by atoms with Crippen molar-refractivity contribution in [3.63, 3.8) is 0 Å². The largest absolute Gasteiger partial charge is 0.356 e. The van der Waals surface area contributed by atoms with Crippen LogP contribution in [-0.2, 0) is 17.8 Å². The normalized spacial score (nSPS) is 22.5. The Morgan fingerprint density at radius 2 is 2.07 bits per heavy atom. The van der Waals surface area contributed by atoms with Gasteiger partial charge in [-0.05, 0) is 30.6 Å². The lowest BCUT2D eigenvalue weighted by Gasteiger charge is -2.23. The molecule has 0 radical (unpaired) electrons. The third-order valence-corrected chi connectivity index (χ3v) is 5.79. The van der Waals surface area contributed by atoms with E-state index in [4.69, 9.17) is 5.10 Å². The second-order valence-electron chi connectivity index (χ2n) is 8.45. The molecule has 2 aliphatic rings. The van der Waals surface area contributed by atoms with Gasteiger partial charge in [-0.15, -0.1) is 0 Å². The Kier molecular flexibility index (Phi) is 5.02. The summed E-state index contributed by atoms with van der Waals surface area (Å²) in [6.07, 6.45) is 5.46. The van der Waals surface area contributed by atoms with Crippen LogP contribution in [0.3, 0.4) is 0 Å². The van der Waals surface area contributed by atoms with Gasteiger partial charge >= 0.3 is 0 Å². The zero-order chi connectivity index (χ0) is 19.0. The van der Waals surface area contributed by atoms with Gasteiger partial charge in [-0.3, -0.25) is 4.79 Å². The molecule has 146 valence electrons. The molecule has 7 nitrogen and oxygen atoms in total. The fourth-order valence-electron chi connectivity index (χ4n) is 4.43. The van der Waals surface area contributed by atoms with Crippen molar-refractivity contribution >= 4 is 22.8 Å². The van der Waals surface area contributed by atoms with E-state index < -0.39 is 0 Å². The van der Waals surface area contributed by atoms with E-state index in [1.807, 2.05) is 0 Å². The van der Waals surface area contributed by atoms with Crippen molar-refractivity contribution in [1.29, 1.82) is 0 Å². The monoisotopic (exact) mass is 370 g/mol. The van der Waals surface area contributed by atoms with E-state index in [1.54, 1.807) is 6.33 Å². The molecule has 2 aliphatic heterocycles. The molecule has 7 heteroatoms. The van der Waals surface area contributed by atoms with Crippen LogP contribution in [0.25, 0.3) is 11.0 Å². The fourth-order valence-corrected chi connectivity index (χ4v) is 4.43. The number of hydrogen-bond acceptors (Lipinski definition) is 5. The maximum atomic E-state index is 11.8. The van der Waals surface area contributed by atoms with Crippen molar-refractivity contribution in [1.82, 2.24) is 25.1 Å². The van der Waals surface area contributed by atoms with Gasteiger partial charge in [-0.2, -0.15) is 5.10 Å². The summed E-state index contributed by atoms with van der Waals surface area (Å²) in [5.74, 6) is 2.64. The first-order chi connectivity index (χ1) is 13.1. The number of unbranched alkanes of at least 4 members (excludes halogenated alkanes) is 1. The third-order valence-electron chi connectivity index (χ3n) is 5.79. The van der Waals surface area contributed by atoms with Gasteiger partial charge in [-0.1, -0.05) is 27.2 Å². The molecule has 4 heterocycles. The van der Waals surface area contributed by atoms with Crippen LogP contribution in [0.2, 0.25) is 0 Å². The number of aromatic nitrogens is 4. The van der Waals surface area contributed by atoms with E-state index in [0.29, 0.717) is 24.2 Å². The van der Waals surface area contributed by atoms with E-state index in [1.165, 1.54) is 0 Å². The first-order valence-electron chi connectivity index (χ1n) is 10.3. The summed E-state index contributed by atoms with van der Waals surface area (Å²) in [4.78, 5) is 23.4. The molecule has 27 heavy (non-hydrogen) atoms. The highest BCUT2D eigenvalue weighted by atomic mass is 16.1. The fraction of sp³-hybridized carbons (Fsp3) is 0.700. The van der Waals surface area contributed by atoms with Crippen molar-refractivity contribution in [2.24, 2.45) is 17.8 Å². The number of anilines is 1. The Bertz CT molecular complexity index is 829. The van der Waals surface area contributed by atoms with Crippen LogP contribution in [0, 0.1) is 17.8 Å². The van der Waals surface area contributed by atoms with Gasteiger partial charge in [0.2, 0.25) is 5.91 Å². The number of hydrogen-bond donors (Lipinski definition) is 1. The van der Waals surface area contributed by atoms with Crippen LogP contribution in [0.5, 0.6) is 0 Å². The average Bonchev–Trinajstić information content (AvgIpc) is 3.20. The van der Waals surface area contributed by atoms with Crippen molar-refractivity contribution in [2.45, 2.75) is 53.0 Å². The Balaban J connectivity index is 1.72. The zero-order valence-corrected chi connectivity index (χ0v) is 16.6. The molecular weight excluding hydrogens is 340 g/mol. The topological polar surface area (TPSA) is 75.9 Å². The maximum absolute atomic E-state index is 11.8. The van der Waals surface area contributed by atoms with Gasteiger partial charge in [0.25, 0.3) is 0 Å². The van der Waals surface area contributed by atoms with E-state index in [9.17, 15) is 4.79 Å². The van der Waals surface area contributed by atoms with E-state index >= 15 is 0 Å². The van der Waals surface area contributed by atoms with Gasteiger partial charge in [0.15, 0.2) is 5.65 Å². The smallest absolute Gasteiger partial charge is 0.220 e. The van der Waals surface area contributed by atoms with Crippen molar-refractivity contribution < 1.29 is 4.79 Å². The molecule has 4 rings (SSSR count). The molecule has 0 aromatic carbocycles. The lowest BCUT2D eigenvalue weighted by molar-refractivity contribution is -0.124. The average molecular weight is 371 g/mol. The number of amides is 1. The molecular formula is C20H30N6O. The molecule has 2 aromatic rings. The molecule has 2 aromatic heterocycles. The third kappa shape index (κ3) is 3.51. The number of nitrogens with zero attached hydrogens (tertiary/aromatic N) is 5. The highest BCUT2D eigenvalue weighted by molar-refractivity contribution is 5.90. The molecule has 2 fully saturated rings. The molecule has 0 spiro atoms. The first-order valence-corrected chi connectivity index (χ1v) is 10.3. The molecule has 2 saturated heterocycles. The van der Waals surface area contributed by atoms with Gasteiger partial charge in [0, 0.05) is 32.6 Å². The standard InChI is InChI=1S/C20H30N6O/c1-4-5-6-26-20-18(16(24-26)7-13(2)3)19(22-12-23-20)25-10-14-8-17(27)21-9-15(14)11-25/h12-15H,4-11H2,1-3H3,(H,21,27)/t14-,15+/m1/s1.